The Balaban J connectivity index is 1.35. The predicted molar refractivity (Wildman–Crippen MR) is 143 cm³/mol. The molecule has 0 aliphatic carbocycles. The molecule has 0 radical (unpaired) electrons. The van der Waals surface area contributed by atoms with Crippen molar-refractivity contribution in [2.45, 2.75) is 45.2 Å². The number of thiazole rings is 1. The normalized spacial score (nSPS) is 15.2. The zero-order chi connectivity index (χ0) is 27.1. The highest BCUT2D eigenvalue weighted by atomic mass is 32.1. The Hall–Kier alpha value is -3.37. The smallest absolute Gasteiger partial charge is 0.263 e. The summed E-state index contributed by atoms with van der Waals surface area (Å²) >= 11 is 1.49. The fraction of sp³-hybridized carbons (Fsp3) is 0.393. The number of nitrogens with zero attached hydrogens (tertiary/aromatic N) is 2. The summed E-state index contributed by atoms with van der Waals surface area (Å²) in [7, 11) is 1.62. The van der Waals surface area contributed by atoms with Gasteiger partial charge in [-0.25, -0.2) is 13.8 Å². The van der Waals surface area contributed by atoms with E-state index in [0.29, 0.717) is 32.6 Å². The summed E-state index contributed by atoms with van der Waals surface area (Å²) in [6.07, 6.45) is -0.570. The topological polar surface area (TPSA) is 83.6 Å². The molecule has 38 heavy (non-hydrogen) atoms. The largest absolute Gasteiger partial charge is 0.497 e. The van der Waals surface area contributed by atoms with Crippen LogP contribution < -0.4 is 15.4 Å². The van der Waals surface area contributed by atoms with Crippen LogP contribution in [0.25, 0.3) is 0 Å². The third-order valence-electron chi connectivity index (χ3n) is 6.43. The molecule has 10 heteroatoms. The minimum Gasteiger partial charge on any atom is -0.497 e. The van der Waals surface area contributed by atoms with Crippen LogP contribution in [0, 0.1) is 6.92 Å². The van der Waals surface area contributed by atoms with Gasteiger partial charge in [0.15, 0.2) is 0 Å². The van der Waals surface area contributed by atoms with Crippen molar-refractivity contribution in [1.29, 1.82) is 0 Å². The maximum absolute atomic E-state index is 13.7. The summed E-state index contributed by atoms with van der Waals surface area (Å²) in [4.78, 5) is 32.4. The van der Waals surface area contributed by atoms with E-state index in [0.717, 1.165) is 40.9 Å². The quantitative estimate of drug-likeness (QED) is 0.322. The lowest BCUT2D eigenvalue weighted by Crippen LogP contribution is -2.31. The average molecular weight is 543 g/mol. The van der Waals surface area contributed by atoms with E-state index in [1.165, 1.54) is 23.5 Å². The fourth-order valence-electron chi connectivity index (χ4n) is 4.52. The van der Waals surface area contributed by atoms with Gasteiger partial charge in [0.05, 0.1) is 13.2 Å². The molecule has 1 fully saturated rings. The molecular weight excluding hydrogens is 510 g/mol. The number of amides is 2. The molecule has 2 amide bonds. The second-order valence-electron chi connectivity index (χ2n) is 9.27. The number of halogens is 2. The van der Waals surface area contributed by atoms with Crippen LogP contribution in [-0.4, -0.2) is 48.4 Å². The molecule has 202 valence electrons. The summed E-state index contributed by atoms with van der Waals surface area (Å²) < 4.78 is 32.6. The molecule has 0 saturated carbocycles. The van der Waals surface area contributed by atoms with Gasteiger partial charge in [0.1, 0.15) is 10.8 Å². The van der Waals surface area contributed by atoms with Crippen LogP contribution in [0.5, 0.6) is 5.75 Å². The number of hydrogen-bond acceptors (Lipinski definition) is 6. The van der Waals surface area contributed by atoms with Gasteiger partial charge in [-0.3, -0.25) is 9.59 Å². The van der Waals surface area contributed by atoms with Crippen molar-refractivity contribution in [2.24, 2.45) is 0 Å². The highest BCUT2D eigenvalue weighted by molar-refractivity contribution is 7.09. The van der Waals surface area contributed by atoms with E-state index in [-0.39, 0.29) is 28.6 Å². The predicted octanol–water partition coefficient (Wildman–Crippen LogP) is 5.28. The molecule has 0 spiro atoms. The minimum atomic E-state index is -2.80. The van der Waals surface area contributed by atoms with Crippen LogP contribution in [0.4, 0.5) is 8.78 Å². The lowest BCUT2D eigenvalue weighted by atomic mass is 10.0. The third kappa shape index (κ3) is 6.93. The maximum Gasteiger partial charge on any atom is 0.263 e. The van der Waals surface area contributed by atoms with E-state index in [1.54, 1.807) is 12.0 Å². The standard InChI is InChI=1S/C28H32F2N4O3S/c1-18-17-38-27(33-18)24-8-4-11-34(24)28(36)22-14-20(25(29)30)13-21(15-22)26(35)32-10-5-9-31-16-19-6-3-7-23(12-19)37-2/h3,6-7,12-15,17,24-25,31H,4-5,8-11,16H2,1-2H3,(H,32,35). The van der Waals surface area contributed by atoms with Crippen molar-refractivity contribution in [3.05, 3.63) is 80.8 Å². The Morgan fingerprint density at radius 1 is 1.18 bits per heavy atom. The van der Waals surface area contributed by atoms with Gasteiger partial charge in [-0.15, -0.1) is 11.3 Å². The number of aromatic nitrogens is 1. The lowest BCUT2D eigenvalue weighted by Gasteiger charge is -2.23. The molecule has 0 bridgehead atoms. The number of aryl methyl sites for hydroxylation is 1. The Morgan fingerprint density at radius 2 is 2.00 bits per heavy atom. The molecule has 1 atom stereocenters. The molecule has 2 N–H and O–H groups in total. The Bertz CT molecular complexity index is 1270. The van der Waals surface area contributed by atoms with Crippen molar-refractivity contribution in [3.8, 4) is 5.75 Å². The van der Waals surface area contributed by atoms with Crippen molar-refractivity contribution in [1.82, 2.24) is 20.5 Å². The average Bonchev–Trinajstić information content (AvgIpc) is 3.59. The monoisotopic (exact) mass is 542 g/mol. The van der Waals surface area contributed by atoms with Gasteiger partial charge in [0.2, 0.25) is 0 Å². The highest BCUT2D eigenvalue weighted by Gasteiger charge is 2.33. The first-order valence-electron chi connectivity index (χ1n) is 12.6. The molecule has 3 aromatic rings. The number of likely N-dealkylation sites (tertiary alicyclic amines) is 1. The van der Waals surface area contributed by atoms with Gasteiger partial charge in [0, 0.05) is 47.4 Å². The first-order valence-corrected chi connectivity index (χ1v) is 13.5. The molecule has 2 heterocycles. The molecule has 1 aliphatic rings. The fourth-order valence-corrected chi connectivity index (χ4v) is 5.47. The molecule has 2 aromatic carbocycles. The van der Waals surface area contributed by atoms with Crippen LogP contribution >= 0.6 is 11.3 Å². The first kappa shape index (κ1) is 27.7. The number of methoxy groups -OCH3 is 1. The van der Waals surface area contributed by atoms with Crippen molar-refractivity contribution in [3.63, 3.8) is 0 Å². The van der Waals surface area contributed by atoms with Crippen molar-refractivity contribution < 1.29 is 23.1 Å². The van der Waals surface area contributed by atoms with Gasteiger partial charge >= 0.3 is 0 Å². The number of benzene rings is 2. The summed E-state index contributed by atoms with van der Waals surface area (Å²) in [6, 6.07) is 11.3. The highest BCUT2D eigenvalue weighted by Crippen LogP contribution is 2.35. The molecule has 1 unspecified atom stereocenters. The number of alkyl halides is 2. The number of hydrogen-bond donors (Lipinski definition) is 2. The van der Waals surface area contributed by atoms with Crippen LogP contribution in [0.15, 0.2) is 47.8 Å². The van der Waals surface area contributed by atoms with E-state index < -0.39 is 12.3 Å². The molecule has 4 rings (SSSR count). The number of ether oxygens (including phenoxy) is 1. The van der Waals surface area contributed by atoms with Crippen LogP contribution in [-0.2, 0) is 6.54 Å². The van der Waals surface area contributed by atoms with E-state index >= 15 is 0 Å². The molecular formula is C28H32F2N4O3S. The van der Waals surface area contributed by atoms with E-state index in [4.69, 9.17) is 4.74 Å². The Kier molecular flexibility index (Phi) is 9.41. The summed E-state index contributed by atoms with van der Waals surface area (Å²) in [6.45, 7) is 4.10. The Morgan fingerprint density at radius 3 is 2.74 bits per heavy atom. The molecule has 1 aromatic heterocycles. The van der Waals surface area contributed by atoms with Gasteiger partial charge in [-0.2, -0.15) is 0 Å². The van der Waals surface area contributed by atoms with Gasteiger partial charge in [0.25, 0.3) is 18.2 Å². The summed E-state index contributed by atoms with van der Waals surface area (Å²) in [5, 5.41) is 8.86. The van der Waals surface area contributed by atoms with Gasteiger partial charge in [-0.05, 0) is 68.6 Å². The van der Waals surface area contributed by atoms with E-state index in [1.807, 2.05) is 36.6 Å². The summed E-state index contributed by atoms with van der Waals surface area (Å²) in [5.41, 5.74) is 1.77. The van der Waals surface area contributed by atoms with Crippen molar-refractivity contribution in [2.75, 3.05) is 26.7 Å². The molecule has 1 aliphatic heterocycles. The van der Waals surface area contributed by atoms with Gasteiger partial charge in [-0.1, -0.05) is 12.1 Å². The zero-order valence-corrected chi connectivity index (χ0v) is 22.3. The minimum absolute atomic E-state index is 0.0522. The summed E-state index contributed by atoms with van der Waals surface area (Å²) in [5.74, 6) is -0.0551. The number of carbonyl (C=O) groups excluding carboxylic acids is 2. The zero-order valence-electron chi connectivity index (χ0n) is 21.5. The number of carbonyl (C=O) groups is 2. The Labute approximate surface area is 225 Å². The van der Waals surface area contributed by atoms with E-state index in [9.17, 15) is 18.4 Å². The number of nitrogens with one attached hydrogen (secondary N) is 2. The lowest BCUT2D eigenvalue weighted by molar-refractivity contribution is 0.0735. The van der Waals surface area contributed by atoms with E-state index in [2.05, 4.69) is 15.6 Å². The van der Waals surface area contributed by atoms with Crippen LogP contribution in [0.1, 0.15) is 74.3 Å². The maximum atomic E-state index is 13.7. The molecule has 1 saturated heterocycles. The molecule has 7 nitrogen and oxygen atoms in total. The third-order valence-corrected chi connectivity index (χ3v) is 7.49. The van der Waals surface area contributed by atoms with Crippen LogP contribution in [0.2, 0.25) is 0 Å². The van der Waals surface area contributed by atoms with Crippen LogP contribution in [0.3, 0.4) is 0 Å². The second-order valence-corrected chi connectivity index (χ2v) is 10.2. The van der Waals surface area contributed by atoms with Gasteiger partial charge < -0.3 is 20.3 Å². The SMILES string of the molecule is COc1cccc(CNCCCNC(=O)c2cc(C(=O)N3CCCC3c3nc(C)cs3)cc(C(F)F)c2)c1. The van der Waals surface area contributed by atoms with Crippen molar-refractivity contribution >= 4 is 23.2 Å². The number of rotatable bonds is 11. The first-order chi connectivity index (χ1) is 18.4. The second kappa shape index (κ2) is 12.9.